The summed E-state index contributed by atoms with van der Waals surface area (Å²) in [5.74, 6) is 1.54. The maximum atomic E-state index is 9.82. The average molecular weight is 345 g/mol. The minimum Gasteiger partial charge on any atom is -0.391 e. The summed E-state index contributed by atoms with van der Waals surface area (Å²) in [6.45, 7) is 2.39. The molecule has 0 bridgehead atoms. The summed E-state index contributed by atoms with van der Waals surface area (Å²) < 4.78 is 0. The normalized spacial score (nSPS) is 20.2. The first-order valence-electron chi connectivity index (χ1n) is 8.75. The highest BCUT2D eigenvalue weighted by molar-refractivity contribution is 7.11. The molecule has 3 heterocycles. The molecule has 1 atom stereocenters. The van der Waals surface area contributed by atoms with Crippen molar-refractivity contribution in [3.8, 4) is 0 Å². The fourth-order valence-corrected chi connectivity index (χ4v) is 4.56. The average Bonchev–Trinajstić information content (AvgIpc) is 3.17. The van der Waals surface area contributed by atoms with Crippen LogP contribution in [-0.2, 0) is 19.3 Å². The van der Waals surface area contributed by atoms with Crippen molar-refractivity contribution in [2.45, 2.75) is 44.6 Å². The molecule has 2 N–H and O–H groups in total. The van der Waals surface area contributed by atoms with Crippen molar-refractivity contribution in [3.05, 3.63) is 27.8 Å². The molecule has 2 aromatic rings. The van der Waals surface area contributed by atoms with Gasteiger partial charge in [0.15, 0.2) is 0 Å². The van der Waals surface area contributed by atoms with Crippen molar-refractivity contribution in [2.24, 2.45) is 0 Å². The number of aliphatic hydroxyl groups is 1. The Kier molecular flexibility index (Phi) is 4.62. The lowest BCUT2D eigenvalue weighted by Crippen LogP contribution is -2.38. The van der Waals surface area contributed by atoms with E-state index < -0.39 is 0 Å². The molecule has 0 spiro atoms. The second-order valence-electron chi connectivity index (χ2n) is 6.49. The van der Waals surface area contributed by atoms with Gasteiger partial charge in [-0.1, -0.05) is 0 Å². The van der Waals surface area contributed by atoms with Crippen LogP contribution in [0.4, 0.5) is 11.8 Å². The Morgan fingerprint density at radius 2 is 2.25 bits per heavy atom. The van der Waals surface area contributed by atoms with Gasteiger partial charge in [0.1, 0.15) is 5.82 Å². The molecule has 6 nitrogen and oxygen atoms in total. The Morgan fingerprint density at radius 1 is 1.29 bits per heavy atom. The summed E-state index contributed by atoms with van der Waals surface area (Å²) in [4.78, 5) is 17.2. The number of piperidine rings is 1. The fourth-order valence-electron chi connectivity index (χ4n) is 3.41. The fraction of sp³-hybridized carbons (Fsp3) is 0.588. The number of anilines is 2. The van der Waals surface area contributed by atoms with E-state index in [1.807, 2.05) is 17.4 Å². The summed E-state index contributed by atoms with van der Waals surface area (Å²) in [7, 11) is 0. The van der Waals surface area contributed by atoms with Crippen molar-refractivity contribution in [1.29, 1.82) is 0 Å². The lowest BCUT2D eigenvalue weighted by Gasteiger charge is -2.31. The zero-order chi connectivity index (χ0) is 16.4. The number of nitrogens with zero attached hydrogens (tertiary/aromatic N) is 4. The molecule has 0 amide bonds. The smallest absolute Gasteiger partial charge is 0.224 e. The monoisotopic (exact) mass is 345 g/mol. The van der Waals surface area contributed by atoms with Crippen molar-refractivity contribution < 1.29 is 5.11 Å². The third kappa shape index (κ3) is 3.52. The molecule has 0 radical (unpaired) electrons. The zero-order valence-corrected chi connectivity index (χ0v) is 14.6. The van der Waals surface area contributed by atoms with Gasteiger partial charge in [0.05, 0.1) is 16.8 Å². The van der Waals surface area contributed by atoms with Gasteiger partial charge in [-0.15, -0.1) is 11.3 Å². The number of rotatable bonds is 5. The maximum Gasteiger partial charge on any atom is 0.224 e. The number of nitrogens with one attached hydrogen (secondary N) is 1. The van der Waals surface area contributed by atoms with Crippen molar-refractivity contribution in [2.75, 3.05) is 29.9 Å². The minimum atomic E-state index is -0.253. The Labute approximate surface area is 146 Å². The maximum absolute atomic E-state index is 9.82. The van der Waals surface area contributed by atoms with E-state index in [1.54, 1.807) is 6.20 Å². The number of thiazole rings is 1. The van der Waals surface area contributed by atoms with Crippen LogP contribution in [0, 0.1) is 0 Å². The summed E-state index contributed by atoms with van der Waals surface area (Å²) >= 11 is 1.86. The molecule has 0 aromatic carbocycles. The van der Waals surface area contributed by atoms with Gasteiger partial charge < -0.3 is 15.3 Å². The molecule has 4 rings (SSSR count). The van der Waals surface area contributed by atoms with E-state index in [9.17, 15) is 5.11 Å². The molecule has 2 aliphatic rings. The van der Waals surface area contributed by atoms with Crippen LogP contribution >= 0.6 is 11.3 Å². The largest absolute Gasteiger partial charge is 0.391 e. The molecule has 1 fully saturated rings. The van der Waals surface area contributed by atoms with Crippen LogP contribution in [0.3, 0.4) is 0 Å². The van der Waals surface area contributed by atoms with Gasteiger partial charge in [-0.2, -0.15) is 4.98 Å². The predicted molar refractivity (Wildman–Crippen MR) is 95.8 cm³/mol. The van der Waals surface area contributed by atoms with Gasteiger partial charge in [0.2, 0.25) is 5.95 Å². The van der Waals surface area contributed by atoms with Crippen molar-refractivity contribution >= 4 is 23.1 Å². The lowest BCUT2D eigenvalue weighted by atomic mass is 10.1. The number of aryl methyl sites for hydroxylation is 2. The third-order valence-electron chi connectivity index (χ3n) is 4.62. The Morgan fingerprint density at radius 3 is 3.12 bits per heavy atom. The van der Waals surface area contributed by atoms with E-state index in [0.717, 1.165) is 44.6 Å². The van der Waals surface area contributed by atoms with E-state index in [2.05, 4.69) is 20.2 Å². The molecule has 1 aliphatic heterocycles. The first-order chi connectivity index (χ1) is 11.8. The summed E-state index contributed by atoms with van der Waals surface area (Å²) in [5, 5.41) is 14.3. The zero-order valence-electron chi connectivity index (χ0n) is 13.7. The number of fused-ring (bicyclic) bond motifs is 1. The lowest BCUT2D eigenvalue weighted by molar-refractivity contribution is 0.154. The highest BCUT2D eigenvalue weighted by Gasteiger charge is 2.19. The number of hydrogen-bond donors (Lipinski definition) is 2. The van der Waals surface area contributed by atoms with Gasteiger partial charge >= 0.3 is 0 Å². The molecule has 2 aromatic heterocycles. The summed E-state index contributed by atoms with van der Waals surface area (Å²) in [5.41, 5.74) is 1.32. The van der Waals surface area contributed by atoms with Crippen LogP contribution in [0.5, 0.6) is 0 Å². The molecule has 1 saturated heterocycles. The van der Waals surface area contributed by atoms with Crippen molar-refractivity contribution in [1.82, 2.24) is 15.0 Å². The number of β-amino-alcohol motifs (C(OH)–C–C–N with tert-alkyl or cyclic N) is 1. The number of aliphatic hydroxyl groups excluding tert-OH is 1. The van der Waals surface area contributed by atoms with E-state index >= 15 is 0 Å². The summed E-state index contributed by atoms with van der Waals surface area (Å²) in [6, 6.07) is 1.91. The highest BCUT2D eigenvalue weighted by Crippen LogP contribution is 2.27. The van der Waals surface area contributed by atoms with Crippen LogP contribution in [0.2, 0.25) is 0 Å². The number of hydrogen-bond acceptors (Lipinski definition) is 7. The molecular weight excluding hydrogens is 322 g/mol. The van der Waals surface area contributed by atoms with Crippen LogP contribution in [0.1, 0.15) is 34.8 Å². The quantitative estimate of drug-likeness (QED) is 0.864. The van der Waals surface area contributed by atoms with Gasteiger partial charge in [-0.05, 0) is 38.2 Å². The van der Waals surface area contributed by atoms with E-state index in [0.29, 0.717) is 12.5 Å². The Balaban J connectivity index is 1.33. The topological polar surface area (TPSA) is 74.2 Å². The van der Waals surface area contributed by atoms with Crippen LogP contribution in [0.25, 0.3) is 0 Å². The Hall–Kier alpha value is -1.73. The molecular formula is C17H23N5OS. The van der Waals surface area contributed by atoms with E-state index in [4.69, 9.17) is 4.98 Å². The standard InChI is InChI=1S/C17H23N5OS/c23-12-3-2-10-22(11-12)15-6-8-18-17(21-15)19-9-7-16-20-13-4-1-5-14(13)24-16/h6,8,12,23H,1-5,7,9-11H2,(H,18,19,21). The van der Waals surface area contributed by atoms with E-state index in [1.165, 1.54) is 28.4 Å². The Bertz CT molecular complexity index is 683. The molecule has 24 heavy (non-hydrogen) atoms. The predicted octanol–water partition coefficient (Wildman–Crippen LogP) is 2.04. The summed E-state index contributed by atoms with van der Waals surface area (Å²) in [6.07, 6.45) is 7.93. The molecule has 0 saturated carbocycles. The third-order valence-corrected chi connectivity index (χ3v) is 5.84. The minimum absolute atomic E-state index is 0.253. The van der Waals surface area contributed by atoms with Crippen LogP contribution < -0.4 is 10.2 Å². The molecule has 128 valence electrons. The SMILES string of the molecule is OC1CCCN(c2ccnc(NCCc3nc4c(s3)CCC4)n2)C1. The van der Waals surface area contributed by atoms with Gasteiger partial charge in [0, 0.05) is 37.1 Å². The van der Waals surface area contributed by atoms with Crippen LogP contribution in [0.15, 0.2) is 12.3 Å². The first kappa shape index (κ1) is 15.8. The van der Waals surface area contributed by atoms with Crippen LogP contribution in [-0.4, -0.2) is 45.8 Å². The molecule has 7 heteroatoms. The number of aromatic nitrogens is 3. The first-order valence-corrected chi connectivity index (χ1v) is 9.57. The molecule has 1 aliphatic carbocycles. The molecule has 1 unspecified atom stereocenters. The highest BCUT2D eigenvalue weighted by atomic mass is 32.1. The van der Waals surface area contributed by atoms with E-state index in [-0.39, 0.29) is 6.10 Å². The van der Waals surface area contributed by atoms with Crippen molar-refractivity contribution in [3.63, 3.8) is 0 Å². The van der Waals surface area contributed by atoms with Gasteiger partial charge in [-0.25, -0.2) is 9.97 Å². The second kappa shape index (κ2) is 7.03. The second-order valence-corrected chi connectivity index (χ2v) is 7.66. The van der Waals surface area contributed by atoms with Gasteiger partial charge in [-0.3, -0.25) is 0 Å². The van der Waals surface area contributed by atoms with Gasteiger partial charge in [0.25, 0.3) is 0 Å².